The molecule has 3 aromatic rings. The van der Waals surface area contributed by atoms with Gasteiger partial charge in [-0.25, -0.2) is 13.9 Å². The number of rotatable bonds is 5. The van der Waals surface area contributed by atoms with Crippen molar-refractivity contribution in [3.8, 4) is 17.2 Å². The fourth-order valence-electron chi connectivity index (χ4n) is 3.12. The minimum absolute atomic E-state index is 0.00134. The minimum Gasteiger partial charge on any atom is -0.486 e. The van der Waals surface area contributed by atoms with Crippen molar-refractivity contribution >= 4 is 29.2 Å². The smallest absolute Gasteiger partial charge is 0.344 e. The molecule has 0 fully saturated rings. The van der Waals surface area contributed by atoms with E-state index >= 15 is 0 Å². The van der Waals surface area contributed by atoms with E-state index in [1.54, 1.807) is 25.1 Å². The molecule has 1 aromatic heterocycles. The molecule has 1 aliphatic heterocycles. The first-order valence-corrected chi connectivity index (χ1v) is 10.1. The van der Waals surface area contributed by atoms with Crippen LogP contribution in [0.1, 0.15) is 23.0 Å². The monoisotopic (exact) mass is 459 g/mol. The molecule has 1 amide bonds. The van der Waals surface area contributed by atoms with Gasteiger partial charge in [-0.1, -0.05) is 11.6 Å². The Hall–Kier alpha value is -3.59. The van der Waals surface area contributed by atoms with Crippen LogP contribution in [0, 0.1) is 12.7 Å². The fourth-order valence-corrected chi connectivity index (χ4v) is 3.47. The number of benzene rings is 2. The zero-order valence-corrected chi connectivity index (χ0v) is 18.0. The summed E-state index contributed by atoms with van der Waals surface area (Å²) >= 11 is 6.34. The number of nitrogens with one attached hydrogen (secondary N) is 1. The number of amides is 1. The molecule has 4 rings (SSSR count). The normalized spacial score (nSPS) is 13.4. The number of nitrogens with zero attached hydrogens (tertiary/aromatic N) is 2. The molecule has 10 heteroatoms. The number of anilines is 1. The molecular formula is C22H19ClFN3O5. The van der Waals surface area contributed by atoms with Crippen LogP contribution < -0.4 is 14.8 Å². The summed E-state index contributed by atoms with van der Waals surface area (Å²) in [7, 11) is 0. The van der Waals surface area contributed by atoms with Gasteiger partial charge in [0.25, 0.3) is 5.91 Å². The summed E-state index contributed by atoms with van der Waals surface area (Å²) in [5.41, 5.74) is 1.28. The Balaban J connectivity index is 1.45. The summed E-state index contributed by atoms with van der Waals surface area (Å²) < 4.78 is 30.7. The lowest BCUT2D eigenvalue weighted by atomic mass is 10.2. The Morgan fingerprint density at radius 1 is 1.16 bits per heavy atom. The van der Waals surface area contributed by atoms with Crippen LogP contribution in [0.15, 0.2) is 42.5 Å². The highest BCUT2D eigenvalue weighted by Crippen LogP contribution is 2.32. The van der Waals surface area contributed by atoms with Gasteiger partial charge in [-0.2, -0.15) is 5.10 Å². The lowest BCUT2D eigenvalue weighted by Gasteiger charge is -2.19. The Kier molecular flexibility index (Phi) is 6.00. The van der Waals surface area contributed by atoms with Crippen molar-refractivity contribution < 1.29 is 28.2 Å². The zero-order valence-electron chi connectivity index (χ0n) is 17.2. The van der Waals surface area contributed by atoms with E-state index in [1.807, 2.05) is 0 Å². The van der Waals surface area contributed by atoms with Crippen LogP contribution in [0.2, 0.25) is 5.15 Å². The molecule has 1 aliphatic rings. The number of carbonyl (C=O) groups excluding carboxylic acids is 2. The molecule has 2 aromatic carbocycles. The summed E-state index contributed by atoms with van der Waals surface area (Å²) in [4.78, 5) is 25.2. The number of fused-ring (bicyclic) bond motifs is 1. The molecule has 1 N–H and O–H groups in total. The second-order valence-electron chi connectivity index (χ2n) is 7.03. The molecule has 8 nitrogen and oxygen atoms in total. The molecule has 0 spiro atoms. The summed E-state index contributed by atoms with van der Waals surface area (Å²) in [5, 5.41) is 6.90. The number of hydrogen-bond acceptors (Lipinski definition) is 6. The van der Waals surface area contributed by atoms with Crippen LogP contribution in [0.3, 0.4) is 0 Å². The molecule has 2 heterocycles. The summed E-state index contributed by atoms with van der Waals surface area (Å²) in [5.74, 6) is -0.627. The SMILES string of the molecule is Cc1nn(-c2ccc(F)cc2)c(Cl)c1C(=O)OC(C)C(=O)Nc1ccc2c(c1)OCCO2. The summed E-state index contributed by atoms with van der Waals surface area (Å²) in [6.45, 7) is 3.91. The maximum Gasteiger partial charge on any atom is 0.344 e. The van der Waals surface area contributed by atoms with Crippen molar-refractivity contribution in [3.05, 3.63) is 64.7 Å². The van der Waals surface area contributed by atoms with Crippen molar-refractivity contribution in [2.45, 2.75) is 20.0 Å². The number of hydrogen-bond donors (Lipinski definition) is 1. The third-order valence-corrected chi connectivity index (χ3v) is 5.09. The van der Waals surface area contributed by atoms with Gasteiger partial charge in [0.05, 0.1) is 11.4 Å². The average molecular weight is 460 g/mol. The number of ether oxygens (including phenoxy) is 3. The predicted molar refractivity (Wildman–Crippen MR) is 114 cm³/mol. The first-order chi connectivity index (χ1) is 15.3. The lowest BCUT2D eigenvalue weighted by molar-refractivity contribution is -0.123. The van der Waals surface area contributed by atoms with E-state index in [2.05, 4.69) is 10.4 Å². The predicted octanol–water partition coefficient (Wildman–Crippen LogP) is 3.93. The Bertz CT molecular complexity index is 1180. The number of esters is 1. The van der Waals surface area contributed by atoms with Crippen LogP contribution in [0.25, 0.3) is 5.69 Å². The van der Waals surface area contributed by atoms with Crippen molar-refractivity contribution in [1.82, 2.24) is 9.78 Å². The molecule has 0 saturated heterocycles. The van der Waals surface area contributed by atoms with E-state index in [1.165, 1.54) is 35.9 Å². The van der Waals surface area contributed by atoms with Gasteiger partial charge in [-0.3, -0.25) is 4.79 Å². The minimum atomic E-state index is -1.11. The Morgan fingerprint density at radius 3 is 2.56 bits per heavy atom. The van der Waals surface area contributed by atoms with E-state index in [-0.39, 0.29) is 10.7 Å². The van der Waals surface area contributed by atoms with Crippen molar-refractivity contribution in [2.75, 3.05) is 18.5 Å². The molecule has 0 bridgehead atoms. The van der Waals surface area contributed by atoms with Crippen LogP contribution in [0.5, 0.6) is 11.5 Å². The molecule has 1 atom stereocenters. The van der Waals surface area contributed by atoms with Crippen LogP contribution >= 0.6 is 11.6 Å². The van der Waals surface area contributed by atoms with Crippen molar-refractivity contribution in [2.24, 2.45) is 0 Å². The fraction of sp³-hybridized carbons (Fsp3) is 0.227. The maximum atomic E-state index is 13.2. The number of aromatic nitrogens is 2. The first kappa shape index (κ1) is 21.6. The highest BCUT2D eigenvalue weighted by molar-refractivity contribution is 6.33. The number of carbonyl (C=O) groups is 2. The van der Waals surface area contributed by atoms with Crippen LogP contribution in [-0.4, -0.2) is 41.0 Å². The van der Waals surface area contributed by atoms with Gasteiger partial charge >= 0.3 is 5.97 Å². The largest absolute Gasteiger partial charge is 0.486 e. The summed E-state index contributed by atoms with van der Waals surface area (Å²) in [6.07, 6.45) is -1.11. The average Bonchev–Trinajstić information content (AvgIpc) is 3.08. The third kappa shape index (κ3) is 4.38. The molecule has 0 radical (unpaired) electrons. The number of aryl methyl sites for hydroxylation is 1. The van der Waals surface area contributed by atoms with Crippen molar-refractivity contribution in [3.63, 3.8) is 0 Å². The van der Waals surface area contributed by atoms with Crippen LogP contribution in [0.4, 0.5) is 10.1 Å². The van der Waals surface area contributed by atoms with E-state index in [0.717, 1.165) is 0 Å². The molecule has 166 valence electrons. The van der Waals surface area contributed by atoms with E-state index in [9.17, 15) is 14.0 Å². The molecule has 32 heavy (non-hydrogen) atoms. The standard InChI is InChI=1S/C22H19ClFN3O5/c1-12-19(20(23)27(26-12)16-6-3-14(24)4-7-16)22(29)32-13(2)21(28)25-15-5-8-17-18(11-15)31-10-9-30-17/h3-8,11,13H,9-10H2,1-2H3,(H,25,28). The van der Waals surface area contributed by atoms with E-state index in [0.29, 0.717) is 41.8 Å². The van der Waals surface area contributed by atoms with Gasteiger partial charge in [-0.05, 0) is 50.2 Å². The van der Waals surface area contributed by atoms with Crippen molar-refractivity contribution in [1.29, 1.82) is 0 Å². The van der Waals surface area contributed by atoms with Gasteiger partial charge in [-0.15, -0.1) is 0 Å². The zero-order chi connectivity index (χ0) is 22.8. The van der Waals surface area contributed by atoms with Gasteiger partial charge in [0, 0.05) is 11.8 Å². The second kappa shape index (κ2) is 8.88. The Morgan fingerprint density at radius 2 is 1.84 bits per heavy atom. The first-order valence-electron chi connectivity index (χ1n) is 9.76. The second-order valence-corrected chi connectivity index (χ2v) is 7.39. The highest BCUT2D eigenvalue weighted by atomic mass is 35.5. The van der Waals surface area contributed by atoms with Crippen LogP contribution in [-0.2, 0) is 9.53 Å². The molecule has 0 saturated carbocycles. The molecule has 0 aliphatic carbocycles. The maximum absolute atomic E-state index is 13.2. The third-order valence-electron chi connectivity index (χ3n) is 4.74. The number of halogens is 2. The van der Waals surface area contributed by atoms with E-state index < -0.39 is 23.8 Å². The topological polar surface area (TPSA) is 91.7 Å². The van der Waals surface area contributed by atoms with Gasteiger partial charge < -0.3 is 19.5 Å². The lowest BCUT2D eigenvalue weighted by Crippen LogP contribution is -2.30. The Labute approximate surface area is 187 Å². The quantitative estimate of drug-likeness (QED) is 0.581. The van der Waals surface area contributed by atoms with Gasteiger partial charge in [0.1, 0.15) is 29.7 Å². The molecular weight excluding hydrogens is 441 g/mol. The van der Waals surface area contributed by atoms with E-state index in [4.69, 9.17) is 25.8 Å². The summed E-state index contributed by atoms with van der Waals surface area (Å²) in [6, 6.07) is 10.4. The highest BCUT2D eigenvalue weighted by Gasteiger charge is 2.26. The molecule has 1 unspecified atom stereocenters. The van der Waals surface area contributed by atoms with Gasteiger partial charge in [0.2, 0.25) is 0 Å². The van der Waals surface area contributed by atoms with Gasteiger partial charge in [0.15, 0.2) is 17.6 Å².